The number of nitro groups is 1. The largest absolute Gasteiger partial charge is 0.358 e. The second-order valence-corrected chi connectivity index (χ2v) is 4.79. The van der Waals surface area contributed by atoms with Crippen LogP contribution in [-0.2, 0) is 0 Å². The zero-order valence-electron chi connectivity index (χ0n) is 9.76. The summed E-state index contributed by atoms with van der Waals surface area (Å²) in [7, 11) is 0. The van der Waals surface area contributed by atoms with E-state index in [2.05, 4.69) is 10.3 Å². The lowest BCUT2D eigenvalue weighted by Gasteiger charge is -2.21. The van der Waals surface area contributed by atoms with E-state index in [1.807, 2.05) is 4.90 Å². The molecule has 2 N–H and O–H groups in total. The van der Waals surface area contributed by atoms with Crippen LogP contribution in [0, 0.1) is 16.0 Å². The Balaban J connectivity index is 1.79. The van der Waals surface area contributed by atoms with Crippen LogP contribution in [-0.4, -0.2) is 46.4 Å². The van der Waals surface area contributed by atoms with Gasteiger partial charge in [-0.3, -0.25) is 4.79 Å². The van der Waals surface area contributed by atoms with Gasteiger partial charge in [-0.05, 0) is 23.3 Å². The smallest absolute Gasteiger partial charge is 0.321 e. The van der Waals surface area contributed by atoms with Gasteiger partial charge >= 0.3 is 5.82 Å². The topological polar surface area (TPSA) is 91.3 Å². The van der Waals surface area contributed by atoms with E-state index in [0.717, 1.165) is 26.1 Å². The average molecular weight is 250 g/mol. The van der Waals surface area contributed by atoms with Crippen LogP contribution in [0.2, 0.25) is 0 Å². The Bertz CT molecular complexity index is 498. The minimum absolute atomic E-state index is 0.140. The third kappa shape index (κ3) is 1.67. The molecule has 7 heteroatoms. The summed E-state index contributed by atoms with van der Waals surface area (Å²) in [6, 6.07) is 3.05. The van der Waals surface area contributed by atoms with Crippen molar-refractivity contribution in [3.63, 3.8) is 0 Å². The van der Waals surface area contributed by atoms with E-state index in [1.54, 1.807) is 0 Å². The van der Waals surface area contributed by atoms with E-state index >= 15 is 0 Å². The molecule has 7 nitrogen and oxygen atoms in total. The molecule has 0 spiro atoms. The SMILES string of the molecule is O=C(c1ccc([N+](=O)[O-])[nH]1)N1CC[C@H]2CNC[C@H]21. The van der Waals surface area contributed by atoms with Gasteiger partial charge in [0.2, 0.25) is 0 Å². The number of H-pyrrole nitrogens is 1. The van der Waals surface area contributed by atoms with Crippen LogP contribution in [0.3, 0.4) is 0 Å². The molecule has 0 bridgehead atoms. The highest BCUT2D eigenvalue weighted by atomic mass is 16.6. The predicted molar refractivity (Wildman–Crippen MR) is 63.2 cm³/mol. The molecule has 2 saturated heterocycles. The molecule has 0 radical (unpaired) electrons. The molecule has 96 valence electrons. The number of hydrogen-bond donors (Lipinski definition) is 2. The summed E-state index contributed by atoms with van der Waals surface area (Å²) in [6.45, 7) is 2.52. The first-order valence-electron chi connectivity index (χ1n) is 6.02. The summed E-state index contributed by atoms with van der Waals surface area (Å²) in [5, 5.41) is 13.9. The van der Waals surface area contributed by atoms with Crippen LogP contribution in [0.1, 0.15) is 16.9 Å². The van der Waals surface area contributed by atoms with Gasteiger partial charge in [0, 0.05) is 31.7 Å². The number of hydrogen-bond acceptors (Lipinski definition) is 4. The first kappa shape index (κ1) is 11.2. The maximum atomic E-state index is 12.3. The summed E-state index contributed by atoms with van der Waals surface area (Å²) in [6.07, 6.45) is 1.01. The number of carbonyl (C=O) groups is 1. The summed E-state index contributed by atoms with van der Waals surface area (Å²) in [5.74, 6) is 0.247. The molecule has 2 aliphatic heterocycles. The number of amides is 1. The quantitative estimate of drug-likeness (QED) is 0.585. The minimum Gasteiger partial charge on any atom is -0.358 e. The van der Waals surface area contributed by atoms with Crippen LogP contribution in [0.4, 0.5) is 5.82 Å². The Morgan fingerprint density at radius 3 is 3.00 bits per heavy atom. The van der Waals surface area contributed by atoms with E-state index in [4.69, 9.17) is 0 Å². The van der Waals surface area contributed by atoms with Crippen molar-refractivity contribution in [2.45, 2.75) is 12.5 Å². The third-order valence-electron chi connectivity index (χ3n) is 3.80. The number of likely N-dealkylation sites (tertiary alicyclic amines) is 1. The highest BCUT2D eigenvalue weighted by Crippen LogP contribution is 2.28. The molecule has 3 rings (SSSR count). The van der Waals surface area contributed by atoms with E-state index in [-0.39, 0.29) is 17.8 Å². The van der Waals surface area contributed by atoms with Crippen molar-refractivity contribution in [1.82, 2.24) is 15.2 Å². The molecular weight excluding hydrogens is 236 g/mol. The van der Waals surface area contributed by atoms with E-state index in [0.29, 0.717) is 11.6 Å². The van der Waals surface area contributed by atoms with Crippen LogP contribution in [0.5, 0.6) is 0 Å². The van der Waals surface area contributed by atoms with Gasteiger partial charge < -0.3 is 20.3 Å². The van der Waals surface area contributed by atoms with E-state index in [9.17, 15) is 14.9 Å². The zero-order valence-corrected chi connectivity index (χ0v) is 9.76. The number of nitrogens with one attached hydrogen (secondary N) is 2. The highest BCUT2D eigenvalue weighted by Gasteiger charge is 2.41. The molecule has 18 heavy (non-hydrogen) atoms. The Kier molecular flexibility index (Phi) is 2.55. The molecule has 0 unspecified atom stereocenters. The Morgan fingerprint density at radius 2 is 2.28 bits per heavy atom. The number of nitrogens with zero attached hydrogens (tertiary/aromatic N) is 2. The first-order valence-corrected chi connectivity index (χ1v) is 6.02. The first-order chi connectivity index (χ1) is 8.66. The number of aromatic nitrogens is 1. The Labute approximate surface area is 103 Å². The molecule has 2 aliphatic rings. The molecule has 1 aromatic rings. The maximum absolute atomic E-state index is 12.3. The summed E-state index contributed by atoms with van der Waals surface area (Å²) in [4.78, 5) is 26.7. The number of rotatable bonds is 2. The average Bonchev–Trinajstić information content (AvgIpc) is 3.04. The summed E-state index contributed by atoms with van der Waals surface area (Å²) in [5.41, 5.74) is 0.300. The molecule has 1 aromatic heterocycles. The van der Waals surface area contributed by atoms with Gasteiger partial charge in [0.05, 0.1) is 0 Å². The lowest BCUT2D eigenvalue weighted by Crippen LogP contribution is -2.39. The molecular formula is C11H14N4O3. The van der Waals surface area contributed by atoms with Crippen molar-refractivity contribution < 1.29 is 9.72 Å². The van der Waals surface area contributed by atoms with Crippen LogP contribution < -0.4 is 5.32 Å². The van der Waals surface area contributed by atoms with Crippen molar-refractivity contribution >= 4 is 11.7 Å². The van der Waals surface area contributed by atoms with Crippen molar-refractivity contribution in [3.8, 4) is 0 Å². The fourth-order valence-electron chi connectivity index (χ4n) is 2.87. The zero-order chi connectivity index (χ0) is 12.7. The molecule has 2 atom stereocenters. The summed E-state index contributed by atoms with van der Waals surface area (Å²) >= 11 is 0. The lowest BCUT2D eigenvalue weighted by atomic mass is 10.1. The van der Waals surface area contributed by atoms with Crippen molar-refractivity contribution in [2.75, 3.05) is 19.6 Å². The van der Waals surface area contributed by atoms with Crippen molar-refractivity contribution in [3.05, 3.63) is 27.9 Å². The van der Waals surface area contributed by atoms with Gasteiger partial charge in [0.25, 0.3) is 5.91 Å². The second-order valence-electron chi connectivity index (χ2n) is 4.79. The number of carbonyl (C=O) groups excluding carboxylic acids is 1. The highest BCUT2D eigenvalue weighted by molar-refractivity contribution is 5.93. The number of aromatic amines is 1. The second kappa shape index (κ2) is 4.09. The molecule has 3 heterocycles. The summed E-state index contributed by atoms with van der Waals surface area (Å²) < 4.78 is 0. The van der Waals surface area contributed by atoms with Crippen molar-refractivity contribution in [1.29, 1.82) is 0 Å². The van der Waals surface area contributed by atoms with Gasteiger partial charge in [0.1, 0.15) is 0 Å². The Hall–Kier alpha value is -1.89. The molecule has 0 aliphatic carbocycles. The van der Waals surface area contributed by atoms with E-state index in [1.165, 1.54) is 12.1 Å². The molecule has 0 aromatic carbocycles. The normalized spacial score (nSPS) is 26.3. The van der Waals surface area contributed by atoms with Crippen LogP contribution >= 0.6 is 0 Å². The predicted octanol–water partition coefficient (Wildman–Crippen LogP) is 0.357. The molecule has 1 amide bonds. The molecule has 0 saturated carbocycles. The third-order valence-corrected chi connectivity index (χ3v) is 3.80. The fraction of sp³-hybridized carbons (Fsp3) is 0.545. The van der Waals surface area contributed by atoms with Gasteiger partial charge in [-0.2, -0.15) is 0 Å². The minimum atomic E-state index is -0.527. The van der Waals surface area contributed by atoms with Gasteiger partial charge in [-0.25, -0.2) is 4.98 Å². The molecule has 2 fully saturated rings. The van der Waals surface area contributed by atoms with Gasteiger partial charge in [-0.15, -0.1) is 0 Å². The fourth-order valence-corrected chi connectivity index (χ4v) is 2.87. The maximum Gasteiger partial charge on any atom is 0.321 e. The number of fused-ring (bicyclic) bond motifs is 1. The Morgan fingerprint density at radius 1 is 1.44 bits per heavy atom. The van der Waals surface area contributed by atoms with Crippen LogP contribution in [0.25, 0.3) is 0 Å². The van der Waals surface area contributed by atoms with Crippen LogP contribution in [0.15, 0.2) is 12.1 Å². The van der Waals surface area contributed by atoms with Gasteiger partial charge in [-0.1, -0.05) is 0 Å². The lowest BCUT2D eigenvalue weighted by molar-refractivity contribution is -0.389. The van der Waals surface area contributed by atoms with Gasteiger partial charge in [0.15, 0.2) is 5.69 Å². The van der Waals surface area contributed by atoms with Crippen molar-refractivity contribution in [2.24, 2.45) is 5.92 Å². The van der Waals surface area contributed by atoms with E-state index < -0.39 is 4.92 Å². The monoisotopic (exact) mass is 250 g/mol. The standard InChI is InChI=1S/C11H14N4O3/c16-11(8-1-2-10(13-8)15(17)18)14-4-3-7-5-12-6-9(7)14/h1-2,7,9,12-13H,3-6H2/t7-,9+/m0/s1.